The Labute approximate surface area is 146 Å². The molecule has 0 unspecified atom stereocenters. The number of hydrogen-bond acceptors (Lipinski definition) is 2. The van der Waals surface area contributed by atoms with Crippen molar-refractivity contribution in [3.05, 3.63) is 71.3 Å². The van der Waals surface area contributed by atoms with E-state index in [0.717, 1.165) is 39.5 Å². The highest BCUT2D eigenvalue weighted by Gasteiger charge is 2.16. The molecule has 0 atom stereocenters. The first-order valence-corrected chi connectivity index (χ1v) is 8.28. The van der Waals surface area contributed by atoms with Crippen molar-refractivity contribution in [1.82, 2.24) is 4.57 Å². The van der Waals surface area contributed by atoms with Crippen LogP contribution >= 0.6 is 0 Å². The standard InChI is InChI=1S/C22H19NO2/c1-14-5-4-6-15(2)22(14)23-20-11-16(13-24)7-9-18(20)19-10-8-17(25-3)12-21(19)23/h4-13H,1-3H3. The highest BCUT2D eigenvalue weighted by molar-refractivity contribution is 6.10. The van der Waals surface area contributed by atoms with Crippen LogP contribution in [0, 0.1) is 13.8 Å². The van der Waals surface area contributed by atoms with Crippen molar-refractivity contribution < 1.29 is 9.53 Å². The molecule has 3 nitrogen and oxygen atoms in total. The number of benzene rings is 3. The Balaban J connectivity index is 2.24. The second-order valence-corrected chi connectivity index (χ2v) is 6.35. The normalized spacial score (nSPS) is 11.2. The SMILES string of the molecule is COc1ccc2c3ccc(C=O)cc3n(-c3c(C)cccc3C)c2c1. The number of aromatic nitrogens is 1. The molecule has 124 valence electrons. The van der Waals surface area contributed by atoms with E-state index in [9.17, 15) is 4.79 Å². The molecule has 0 aliphatic rings. The largest absolute Gasteiger partial charge is 0.497 e. The van der Waals surface area contributed by atoms with E-state index in [-0.39, 0.29) is 0 Å². The molecule has 0 bridgehead atoms. The smallest absolute Gasteiger partial charge is 0.150 e. The Kier molecular flexibility index (Phi) is 3.57. The van der Waals surface area contributed by atoms with Crippen molar-refractivity contribution in [3.63, 3.8) is 0 Å². The molecule has 0 radical (unpaired) electrons. The fraction of sp³-hybridized carbons (Fsp3) is 0.136. The van der Waals surface area contributed by atoms with Crippen molar-refractivity contribution in [1.29, 1.82) is 0 Å². The molecule has 3 heteroatoms. The number of hydrogen-bond donors (Lipinski definition) is 0. The van der Waals surface area contributed by atoms with Gasteiger partial charge in [0.25, 0.3) is 0 Å². The minimum Gasteiger partial charge on any atom is -0.497 e. The van der Waals surface area contributed by atoms with Gasteiger partial charge in [-0.3, -0.25) is 4.79 Å². The third-order valence-electron chi connectivity index (χ3n) is 4.80. The van der Waals surface area contributed by atoms with E-state index in [1.807, 2.05) is 24.3 Å². The Morgan fingerprint density at radius 3 is 2.16 bits per heavy atom. The number of para-hydroxylation sites is 1. The van der Waals surface area contributed by atoms with Crippen LogP contribution in [0.1, 0.15) is 21.5 Å². The first-order chi connectivity index (χ1) is 12.1. The summed E-state index contributed by atoms with van der Waals surface area (Å²) in [6.45, 7) is 4.23. The summed E-state index contributed by atoms with van der Waals surface area (Å²) < 4.78 is 7.69. The third-order valence-corrected chi connectivity index (χ3v) is 4.80. The molecule has 0 fully saturated rings. The topological polar surface area (TPSA) is 31.2 Å². The van der Waals surface area contributed by atoms with Crippen LogP contribution in [0.2, 0.25) is 0 Å². The van der Waals surface area contributed by atoms with Gasteiger partial charge in [0.05, 0.1) is 23.8 Å². The van der Waals surface area contributed by atoms with Gasteiger partial charge in [-0.25, -0.2) is 0 Å². The lowest BCUT2D eigenvalue weighted by molar-refractivity contribution is 0.112. The minimum absolute atomic E-state index is 0.676. The predicted molar refractivity (Wildman–Crippen MR) is 102 cm³/mol. The molecule has 1 aromatic heterocycles. The predicted octanol–water partition coefficient (Wildman–Crippen LogP) is 5.22. The summed E-state index contributed by atoms with van der Waals surface area (Å²) in [5.74, 6) is 0.818. The Hall–Kier alpha value is -3.07. The number of aldehydes is 1. The summed E-state index contributed by atoms with van der Waals surface area (Å²) >= 11 is 0. The van der Waals surface area contributed by atoms with E-state index < -0.39 is 0 Å². The molecule has 0 amide bonds. The van der Waals surface area contributed by atoms with E-state index in [1.54, 1.807) is 7.11 Å². The Morgan fingerprint density at radius 1 is 0.880 bits per heavy atom. The summed E-state index contributed by atoms with van der Waals surface area (Å²) in [6, 6.07) is 18.3. The summed E-state index contributed by atoms with van der Waals surface area (Å²) in [5.41, 5.74) is 6.32. The Morgan fingerprint density at radius 2 is 1.52 bits per heavy atom. The van der Waals surface area contributed by atoms with Crippen LogP contribution in [0.4, 0.5) is 0 Å². The van der Waals surface area contributed by atoms with Gasteiger partial charge in [0, 0.05) is 22.4 Å². The van der Waals surface area contributed by atoms with Crippen molar-refractivity contribution in [2.45, 2.75) is 13.8 Å². The maximum atomic E-state index is 11.3. The van der Waals surface area contributed by atoms with Crippen LogP contribution in [0.5, 0.6) is 5.75 Å². The van der Waals surface area contributed by atoms with Gasteiger partial charge in [-0.05, 0) is 43.2 Å². The van der Waals surface area contributed by atoms with E-state index >= 15 is 0 Å². The fourth-order valence-corrected chi connectivity index (χ4v) is 3.61. The third kappa shape index (κ3) is 2.31. The van der Waals surface area contributed by atoms with Gasteiger partial charge in [0.1, 0.15) is 12.0 Å². The molecule has 25 heavy (non-hydrogen) atoms. The van der Waals surface area contributed by atoms with Crippen LogP contribution in [0.3, 0.4) is 0 Å². The monoisotopic (exact) mass is 329 g/mol. The molecule has 4 rings (SSSR count). The van der Waals surface area contributed by atoms with E-state index in [1.165, 1.54) is 11.1 Å². The van der Waals surface area contributed by atoms with Crippen LogP contribution in [0.25, 0.3) is 27.5 Å². The molecule has 0 N–H and O–H groups in total. The molecule has 0 saturated carbocycles. The van der Waals surface area contributed by atoms with Gasteiger partial charge in [-0.15, -0.1) is 0 Å². The van der Waals surface area contributed by atoms with E-state index in [2.05, 4.69) is 48.7 Å². The molecule has 1 heterocycles. The van der Waals surface area contributed by atoms with E-state index in [4.69, 9.17) is 4.74 Å². The number of methoxy groups -OCH3 is 1. The van der Waals surface area contributed by atoms with Gasteiger partial charge in [0.15, 0.2) is 0 Å². The molecular weight excluding hydrogens is 310 g/mol. The first-order valence-electron chi connectivity index (χ1n) is 8.28. The number of carbonyl (C=O) groups excluding carboxylic acids is 1. The van der Waals surface area contributed by atoms with Crippen LogP contribution < -0.4 is 4.74 Å². The maximum absolute atomic E-state index is 11.3. The summed E-state index contributed by atoms with van der Waals surface area (Å²) in [6.07, 6.45) is 0.896. The van der Waals surface area contributed by atoms with Crippen molar-refractivity contribution in [2.24, 2.45) is 0 Å². The summed E-state index contributed by atoms with van der Waals surface area (Å²) in [4.78, 5) is 11.3. The second-order valence-electron chi connectivity index (χ2n) is 6.35. The minimum atomic E-state index is 0.676. The van der Waals surface area contributed by atoms with Gasteiger partial charge in [0.2, 0.25) is 0 Å². The molecular formula is C22H19NO2. The highest BCUT2D eigenvalue weighted by Crippen LogP contribution is 2.36. The van der Waals surface area contributed by atoms with Crippen LogP contribution in [-0.2, 0) is 0 Å². The number of nitrogens with zero attached hydrogens (tertiary/aromatic N) is 1. The van der Waals surface area contributed by atoms with Gasteiger partial charge < -0.3 is 9.30 Å². The van der Waals surface area contributed by atoms with Gasteiger partial charge in [-0.1, -0.05) is 30.3 Å². The quantitative estimate of drug-likeness (QED) is 0.482. The molecule has 3 aromatic carbocycles. The van der Waals surface area contributed by atoms with Gasteiger partial charge >= 0.3 is 0 Å². The van der Waals surface area contributed by atoms with Crippen molar-refractivity contribution in [2.75, 3.05) is 7.11 Å². The van der Waals surface area contributed by atoms with E-state index in [0.29, 0.717) is 5.56 Å². The lowest BCUT2D eigenvalue weighted by atomic mass is 10.1. The summed E-state index contributed by atoms with van der Waals surface area (Å²) in [5, 5.41) is 2.28. The number of carbonyl (C=O) groups is 1. The van der Waals surface area contributed by atoms with Gasteiger partial charge in [-0.2, -0.15) is 0 Å². The number of rotatable bonds is 3. The number of aryl methyl sites for hydroxylation is 2. The zero-order valence-electron chi connectivity index (χ0n) is 14.5. The molecule has 0 aliphatic carbocycles. The van der Waals surface area contributed by atoms with Crippen LogP contribution in [0.15, 0.2) is 54.6 Å². The molecule has 0 spiro atoms. The average molecular weight is 329 g/mol. The number of fused-ring (bicyclic) bond motifs is 3. The lowest BCUT2D eigenvalue weighted by Crippen LogP contribution is -2.00. The van der Waals surface area contributed by atoms with Crippen molar-refractivity contribution in [3.8, 4) is 11.4 Å². The zero-order valence-corrected chi connectivity index (χ0v) is 14.5. The molecule has 0 saturated heterocycles. The molecule has 4 aromatic rings. The fourth-order valence-electron chi connectivity index (χ4n) is 3.61. The van der Waals surface area contributed by atoms with Crippen molar-refractivity contribution >= 4 is 28.1 Å². The molecule has 0 aliphatic heterocycles. The average Bonchev–Trinajstić information content (AvgIpc) is 2.94. The lowest BCUT2D eigenvalue weighted by Gasteiger charge is -2.14. The highest BCUT2D eigenvalue weighted by atomic mass is 16.5. The maximum Gasteiger partial charge on any atom is 0.150 e. The first kappa shape index (κ1) is 15.5. The second kappa shape index (κ2) is 5.78. The number of ether oxygens (including phenoxy) is 1. The summed E-state index contributed by atoms with van der Waals surface area (Å²) in [7, 11) is 1.68. The zero-order chi connectivity index (χ0) is 17.6. The van der Waals surface area contributed by atoms with Crippen LogP contribution in [-0.4, -0.2) is 18.0 Å². The Bertz CT molecular complexity index is 1100.